The van der Waals surface area contributed by atoms with E-state index in [4.69, 9.17) is 9.47 Å². The number of hydrogen-bond acceptors (Lipinski definition) is 6. The van der Waals surface area contributed by atoms with Gasteiger partial charge in [0.1, 0.15) is 24.1 Å². The third-order valence-electron chi connectivity index (χ3n) is 7.20. The number of rotatable bonds is 15. The van der Waals surface area contributed by atoms with E-state index < -0.39 is 28.5 Å². The Kier molecular flexibility index (Phi) is 12.0. The minimum absolute atomic E-state index is 0.0562. The Morgan fingerprint density at radius 1 is 0.907 bits per heavy atom. The SMILES string of the molecule is CCOc1ccc(N(CC(=O)N(Cc2cccc(OC)c2)[C@H](CC)C(=O)N[C@@H](C)CC)S(=O)(=O)c2ccc(C)cc2)cc1. The Morgan fingerprint density at radius 3 is 2.16 bits per heavy atom. The third-order valence-corrected chi connectivity index (χ3v) is 8.99. The molecule has 0 aliphatic heterocycles. The van der Waals surface area contributed by atoms with E-state index in [1.54, 1.807) is 55.6 Å². The number of carbonyl (C=O) groups is 2. The van der Waals surface area contributed by atoms with E-state index in [2.05, 4.69) is 5.32 Å². The Bertz CT molecular complexity index is 1460. The van der Waals surface area contributed by atoms with Gasteiger partial charge in [0.2, 0.25) is 11.8 Å². The molecule has 3 rings (SSSR count). The average molecular weight is 610 g/mol. The highest BCUT2D eigenvalue weighted by Crippen LogP contribution is 2.27. The van der Waals surface area contributed by atoms with E-state index in [-0.39, 0.29) is 23.4 Å². The second-order valence-electron chi connectivity index (χ2n) is 10.4. The molecule has 1 N–H and O–H groups in total. The summed E-state index contributed by atoms with van der Waals surface area (Å²) in [5.74, 6) is 0.387. The van der Waals surface area contributed by atoms with Crippen molar-refractivity contribution in [3.8, 4) is 11.5 Å². The van der Waals surface area contributed by atoms with E-state index >= 15 is 0 Å². The predicted octanol–water partition coefficient (Wildman–Crippen LogP) is 5.32. The van der Waals surface area contributed by atoms with Gasteiger partial charge in [-0.3, -0.25) is 13.9 Å². The molecule has 0 saturated carbocycles. The van der Waals surface area contributed by atoms with Crippen LogP contribution in [0.4, 0.5) is 5.69 Å². The van der Waals surface area contributed by atoms with Gasteiger partial charge in [-0.15, -0.1) is 0 Å². The molecule has 3 aromatic rings. The molecule has 43 heavy (non-hydrogen) atoms. The minimum atomic E-state index is -4.16. The standard InChI is InChI=1S/C33H43N3O6S/c1-7-25(5)34-33(38)31(8-2)35(22-26-11-10-12-29(21-26)41-6)32(37)23-36(27-15-17-28(18-16-27)42-9-3)43(39,40)30-19-13-24(4)14-20-30/h10-21,25,31H,7-9,22-23H2,1-6H3,(H,34,38)/t25-,31+/m0/s1. The molecule has 0 spiro atoms. The number of anilines is 1. The van der Waals surface area contributed by atoms with Crippen LogP contribution in [-0.4, -0.2) is 57.5 Å². The number of benzene rings is 3. The fraction of sp³-hybridized carbons (Fsp3) is 0.394. The number of carbonyl (C=O) groups excluding carboxylic acids is 2. The molecule has 10 heteroatoms. The molecule has 0 aliphatic rings. The zero-order valence-corrected chi connectivity index (χ0v) is 26.7. The van der Waals surface area contributed by atoms with Gasteiger partial charge in [0.25, 0.3) is 10.0 Å². The van der Waals surface area contributed by atoms with E-state index in [1.165, 1.54) is 17.0 Å². The Balaban J connectivity index is 2.07. The summed E-state index contributed by atoms with van der Waals surface area (Å²) < 4.78 is 40.1. The van der Waals surface area contributed by atoms with Crippen molar-refractivity contribution >= 4 is 27.5 Å². The summed E-state index contributed by atoms with van der Waals surface area (Å²) in [6.07, 6.45) is 1.07. The first-order valence-corrected chi connectivity index (χ1v) is 16.0. The van der Waals surface area contributed by atoms with Crippen LogP contribution in [0.25, 0.3) is 0 Å². The zero-order chi connectivity index (χ0) is 31.6. The van der Waals surface area contributed by atoms with Crippen LogP contribution in [0.1, 0.15) is 51.7 Å². The first-order chi connectivity index (χ1) is 20.5. The number of hydrogen-bond donors (Lipinski definition) is 1. The maximum Gasteiger partial charge on any atom is 0.264 e. The number of ether oxygens (including phenoxy) is 2. The summed E-state index contributed by atoms with van der Waals surface area (Å²) in [4.78, 5) is 29.2. The molecule has 0 fully saturated rings. The first-order valence-electron chi connectivity index (χ1n) is 14.6. The summed E-state index contributed by atoms with van der Waals surface area (Å²) in [7, 11) is -2.60. The van der Waals surface area contributed by atoms with Crippen molar-refractivity contribution < 1.29 is 27.5 Å². The van der Waals surface area contributed by atoms with Crippen molar-refractivity contribution in [2.45, 2.75) is 71.0 Å². The quantitative estimate of drug-likeness (QED) is 0.250. The van der Waals surface area contributed by atoms with Crippen molar-refractivity contribution in [2.24, 2.45) is 0 Å². The largest absolute Gasteiger partial charge is 0.497 e. The van der Waals surface area contributed by atoms with Gasteiger partial charge in [-0.1, -0.05) is 43.7 Å². The summed E-state index contributed by atoms with van der Waals surface area (Å²) >= 11 is 0. The highest BCUT2D eigenvalue weighted by molar-refractivity contribution is 7.92. The first kappa shape index (κ1) is 33.5. The Morgan fingerprint density at radius 2 is 1.58 bits per heavy atom. The summed E-state index contributed by atoms with van der Waals surface area (Å²) in [5, 5.41) is 2.99. The number of nitrogens with one attached hydrogen (secondary N) is 1. The van der Waals surface area contributed by atoms with Crippen molar-refractivity contribution in [3.63, 3.8) is 0 Å². The van der Waals surface area contributed by atoms with Crippen LogP contribution in [0, 0.1) is 6.92 Å². The molecule has 0 saturated heterocycles. The fourth-order valence-electron chi connectivity index (χ4n) is 4.57. The smallest absolute Gasteiger partial charge is 0.264 e. The van der Waals surface area contributed by atoms with E-state index in [0.717, 1.165) is 21.9 Å². The molecular formula is C33H43N3O6S. The normalized spacial score (nSPS) is 12.6. The highest BCUT2D eigenvalue weighted by atomic mass is 32.2. The van der Waals surface area contributed by atoms with Gasteiger partial charge >= 0.3 is 0 Å². The van der Waals surface area contributed by atoms with E-state index in [0.29, 0.717) is 30.2 Å². The minimum Gasteiger partial charge on any atom is -0.497 e. The lowest BCUT2D eigenvalue weighted by molar-refractivity contribution is -0.140. The summed E-state index contributed by atoms with van der Waals surface area (Å²) in [5.41, 5.74) is 1.96. The van der Waals surface area contributed by atoms with Crippen LogP contribution in [0.5, 0.6) is 11.5 Å². The molecule has 0 aliphatic carbocycles. The van der Waals surface area contributed by atoms with Gasteiger partial charge in [0, 0.05) is 12.6 Å². The van der Waals surface area contributed by atoms with E-state index in [1.807, 2.05) is 46.8 Å². The lowest BCUT2D eigenvalue weighted by Gasteiger charge is -2.33. The molecular weight excluding hydrogens is 566 g/mol. The topological polar surface area (TPSA) is 105 Å². The molecule has 0 radical (unpaired) electrons. The van der Waals surface area contributed by atoms with Gasteiger partial charge in [0.15, 0.2) is 0 Å². The van der Waals surface area contributed by atoms with Crippen LogP contribution in [-0.2, 0) is 26.2 Å². The van der Waals surface area contributed by atoms with Crippen LogP contribution in [0.3, 0.4) is 0 Å². The second kappa shape index (κ2) is 15.4. The lowest BCUT2D eigenvalue weighted by Crippen LogP contribution is -2.53. The zero-order valence-electron chi connectivity index (χ0n) is 25.9. The van der Waals surface area contributed by atoms with Crippen molar-refractivity contribution in [3.05, 3.63) is 83.9 Å². The molecule has 0 bridgehead atoms. The summed E-state index contributed by atoms with van der Waals surface area (Å²) in [6.45, 7) is 9.47. The Labute approximate surface area is 255 Å². The molecule has 9 nitrogen and oxygen atoms in total. The van der Waals surface area contributed by atoms with Crippen LogP contribution in [0.15, 0.2) is 77.7 Å². The molecule has 2 amide bonds. The Hall–Kier alpha value is -4.05. The van der Waals surface area contributed by atoms with Gasteiger partial charge in [-0.05, 0) is 87.7 Å². The van der Waals surface area contributed by atoms with Crippen LogP contribution < -0.4 is 19.1 Å². The maximum atomic E-state index is 14.2. The average Bonchev–Trinajstić information content (AvgIpc) is 3.00. The van der Waals surface area contributed by atoms with Gasteiger partial charge in [-0.2, -0.15) is 0 Å². The second-order valence-corrected chi connectivity index (χ2v) is 12.2. The number of nitrogens with zero attached hydrogens (tertiary/aromatic N) is 2. The van der Waals surface area contributed by atoms with Gasteiger partial charge in [-0.25, -0.2) is 8.42 Å². The molecule has 0 heterocycles. The third kappa shape index (κ3) is 8.73. The highest BCUT2D eigenvalue weighted by Gasteiger charge is 2.34. The monoisotopic (exact) mass is 609 g/mol. The lowest BCUT2D eigenvalue weighted by atomic mass is 10.1. The van der Waals surface area contributed by atoms with Crippen LogP contribution in [0.2, 0.25) is 0 Å². The van der Waals surface area contributed by atoms with E-state index in [9.17, 15) is 18.0 Å². The van der Waals surface area contributed by atoms with Crippen LogP contribution >= 0.6 is 0 Å². The number of amides is 2. The maximum absolute atomic E-state index is 14.2. The number of aryl methyl sites for hydroxylation is 1. The van der Waals surface area contributed by atoms with Crippen molar-refractivity contribution in [2.75, 3.05) is 24.6 Å². The van der Waals surface area contributed by atoms with Crippen molar-refractivity contribution in [1.29, 1.82) is 0 Å². The number of methoxy groups -OCH3 is 1. The predicted molar refractivity (Wildman–Crippen MR) is 169 cm³/mol. The number of sulfonamides is 1. The molecule has 3 aromatic carbocycles. The fourth-order valence-corrected chi connectivity index (χ4v) is 5.98. The summed E-state index contributed by atoms with van der Waals surface area (Å²) in [6, 6.07) is 19.4. The van der Waals surface area contributed by atoms with Crippen molar-refractivity contribution in [1.82, 2.24) is 10.2 Å². The van der Waals surface area contributed by atoms with Gasteiger partial charge in [0.05, 0.1) is 24.3 Å². The van der Waals surface area contributed by atoms with Gasteiger partial charge < -0.3 is 19.7 Å². The molecule has 232 valence electrons. The molecule has 2 atom stereocenters. The molecule has 0 aromatic heterocycles. The molecule has 0 unspecified atom stereocenters.